The van der Waals surface area contributed by atoms with Gasteiger partial charge in [-0.2, -0.15) is 0 Å². The summed E-state index contributed by atoms with van der Waals surface area (Å²) in [4.78, 5) is 0. The van der Waals surface area contributed by atoms with Gasteiger partial charge in [0.15, 0.2) is 0 Å². The van der Waals surface area contributed by atoms with E-state index in [1.807, 2.05) is 37.3 Å². The average Bonchev–Trinajstić information content (AvgIpc) is 2.49. The number of halogens is 2. The zero-order chi connectivity index (χ0) is 15.6. The van der Waals surface area contributed by atoms with E-state index in [4.69, 9.17) is 15.2 Å². The van der Waals surface area contributed by atoms with Gasteiger partial charge in [-0.3, -0.25) is 0 Å². The van der Waals surface area contributed by atoms with E-state index in [1.54, 1.807) is 14.2 Å². The number of methoxy groups -OCH3 is 2. The number of nitrogens with two attached hydrogens (primary N) is 1. The summed E-state index contributed by atoms with van der Waals surface area (Å²) in [5, 5.41) is 0. The Labute approximate surface area is 141 Å². The van der Waals surface area contributed by atoms with Gasteiger partial charge in [0, 0.05) is 14.5 Å². The van der Waals surface area contributed by atoms with Crippen LogP contribution in [0.25, 0.3) is 0 Å². The standard InChI is InChI=1S/C16H17Br2NO2/c1-9-6-14(18)11(8-13(9)17)16(19)12-7-10(20-2)4-5-15(12)21-3/h4-8,16H,19H2,1-3H3. The molecule has 0 fully saturated rings. The maximum atomic E-state index is 6.45. The summed E-state index contributed by atoms with van der Waals surface area (Å²) in [6, 6.07) is 9.39. The number of aryl methyl sites for hydroxylation is 1. The Morgan fingerprint density at radius 2 is 1.67 bits per heavy atom. The third-order valence-electron chi connectivity index (χ3n) is 3.38. The highest BCUT2D eigenvalue weighted by Crippen LogP contribution is 2.36. The third kappa shape index (κ3) is 3.42. The number of ether oxygens (including phenoxy) is 2. The van der Waals surface area contributed by atoms with Crippen molar-refractivity contribution in [2.45, 2.75) is 13.0 Å². The third-order valence-corrected chi connectivity index (χ3v) is 4.93. The summed E-state index contributed by atoms with van der Waals surface area (Å²) in [6.07, 6.45) is 0. The monoisotopic (exact) mass is 413 g/mol. The van der Waals surface area contributed by atoms with E-state index in [1.165, 1.54) is 0 Å². The lowest BCUT2D eigenvalue weighted by atomic mass is 9.97. The minimum atomic E-state index is -0.318. The Bertz CT molecular complexity index is 659. The molecule has 1 unspecified atom stereocenters. The van der Waals surface area contributed by atoms with Crippen molar-refractivity contribution in [1.29, 1.82) is 0 Å². The first-order chi connectivity index (χ1) is 9.97. The Morgan fingerprint density at radius 1 is 0.952 bits per heavy atom. The number of hydrogen-bond acceptors (Lipinski definition) is 3. The lowest BCUT2D eigenvalue weighted by molar-refractivity contribution is 0.397. The van der Waals surface area contributed by atoms with Gasteiger partial charge in [0.25, 0.3) is 0 Å². The minimum Gasteiger partial charge on any atom is -0.497 e. The molecular formula is C16H17Br2NO2. The van der Waals surface area contributed by atoms with Crippen molar-refractivity contribution >= 4 is 31.9 Å². The molecule has 3 nitrogen and oxygen atoms in total. The van der Waals surface area contributed by atoms with E-state index >= 15 is 0 Å². The van der Waals surface area contributed by atoms with E-state index in [0.29, 0.717) is 0 Å². The smallest absolute Gasteiger partial charge is 0.124 e. The molecule has 2 N–H and O–H groups in total. The number of benzene rings is 2. The highest BCUT2D eigenvalue weighted by molar-refractivity contribution is 9.11. The van der Waals surface area contributed by atoms with Gasteiger partial charge in [-0.05, 0) is 48.4 Å². The van der Waals surface area contributed by atoms with Crippen LogP contribution in [0, 0.1) is 6.92 Å². The lowest BCUT2D eigenvalue weighted by Crippen LogP contribution is -2.14. The first-order valence-corrected chi connectivity index (χ1v) is 7.99. The maximum absolute atomic E-state index is 6.45. The number of hydrogen-bond donors (Lipinski definition) is 1. The van der Waals surface area contributed by atoms with Crippen LogP contribution in [0.1, 0.15) is 22.7 Å². The molecule has 0 aliphatic heterocycles. The van der Waals surface area contributed by atoms with Gasteiger partial charge in [0.1, 0.15) is 11.5 Å². The fourth-order valence-corrected chi connectivity index (χ4v) is 3.22. The average molecular weight is 415 g/mol. The van der Waals surface area contributed by atoms with E-state index < -0.39 is 0 Å². The second kappa shape index (κ2) is 6.81. The van der Waals surface area contributed by atoms with E-state index in [9.17, 15) is 0 Å². The van der Waals surface area contributed by atoms with Crippen LogP contribution in [0.15, 0.2) is 39.3 Å². The summed E-state index contributed by atoms with van der Waals surface area (Å²) in [5.74, 6) is 1.50. The highest BCUT2D eigenvalue weighted by Gasteiger charge is 2.18. The van der Waals surface area contributed by atoms with Gasteiger partial charge >= 0.3 is 0 Å². The first-order valence-electron chi connectivity index (χ1n) is 6.41. The van der Waals surface area contributed by atoms with Crippen LogP contribution in [-0.4, -0.2) is 14.2 Å². The lowest BCUT2D eigenvalue weighted by Gasteiger charge is -2.19. The van der Waals surface area contributed by atoms with E-state index in [0.717, 1.165) is 37.1 Å². The molecule has 0 spiro atoms. The van der Waals surface area contributed by atoms with Crippen LogP contribution in [-0.2, 0) is 0 Å². The number of rotatable bonds is 4. The molecule has 0 amide bonds. The molecule has 2 aromatic rings. The van der Waals surface area contributed by atoms with E-state index in [-0.39, 0.29) is 6.04 Å². The highest BCUT2D eigenvalue weighted by atomic mass is 79.9. The van der Waals surface area contributed by atoms with Crippen molar-refractivity contribution in [3.63, 3.8) is 0 Å². The summed E-state index contributed by atoms with van der Waals surface area (Å²) >= 11 is 7.14. The Kier molecular flexibility index (Phi) is 5.30. The van der Waals surface area contributed by atoms with Crippen LogP contribution < -0.4 is 15.2 Å². The molecule has 0 aliphatic carbocycles. The zero-order valence-corrected chi connectivity index (χ0v) is 15.3. The molecule has 1 atom stereocenters. The van der Waals surface area contributed by atoms with Gasteiger partial charge in [-0.25, -0.2) is 0 Å². The van der Waals surface area contributed by atoms with Gasteiger partial charge in [0.05, 0.1) is 20.3 Å². The quantitative estimate of drug-likeness (QED) is 0.795. The Morgan fingerprint density at radius 3 is 2.29 bits per heavy atom. The second-order valence-corrected chi connectivity index (χ2v) is 6.42. The normalized spacial score (nSPS) is 12.1. The largest absolute Gasteiger partial charge is 0.497 e. The van der Waals surface area contributed by atoms with E-state index in [2.05, 4.69) is 31.9 Å². The summed E-state index contributed by atoms with van der Waals surface area (Å²) in [5.41, 5.74) is 9.47. The van der Waals surface area contributed by atoms with Crippen molar-refractivity contribution in [1.82, 2.24) is 0 Å². The van der Waals surface area contributed by atoms with Crippen LogP contribution in [0.5, 0.6) is 11.5 Å². The molecule has 0 radical (unpaired) electrons. The molecule has 21 heavy (non-hydrogen) atoms. The topological polar surface area (TPSA) is 44.5 Å². The predicted octanol–water partition coefficient (Wildman–Crippen LogP) is 4.59. The summed E-state index contributed by atoms with van der Waals surface area (Å²) in [6.45, 7) is 2.04. The Hall–Kier alpha value is -1.04. The SMILES string of the molecule is COc1ccc(OC)c(C(N)c2cc(Br)c(C)cc2Br)c1. The van der Waals surface area contributed by atoms with Gasteiger partial charge in [-0.1, -0.05) is 31.9 Å². The van der Waals surface area contributed by atoms with Crippen LogP contribution in [0.3, 0.4) is 0 Å². The molecule has 0 saturated carbocycles. The van der Waals surface area contributed by atoms with Crippen molar-refractivity contribution in [3.05, 3.63) is 56.0 Å². The zero-order valence-electron chi connectivity index (χ0n) is 12.1. The fourth-order valence-electron chi connectivity index (χ4n) is 2.15. The first kappa shape index (κ1) is 16.3. The minimum absolute atomic E-state index is 0.318. The predicted molar refractivity (Wildman–Crippen MR) is 92.2 cm³/mol. The molecule has 0 aliphatic rings. The molecule has 0 aromatic heterocycles. The van der Waals surface area contributed by atoms with Crippen molar-refractivity contribution in [2.24, 2.45) is 5.73 Å². The second-order valence-electron chi connectivity index (χ2n) is 4.71. The molecular weight excluding hydrogens is 398 g/mol. The molecule has 2 rings (SSSR count). The summed E-state index contributed by atoms with van der Waals surface area (Å²) in [7, 11) is 3.27. The van der Waals surface area contributed by atoms with Crippen LogP contribution in [0.4, 0.5) is 0 Å². The van der Waals surface area contributed by atoms with Gasteiger partial charge in [-0.15, -0.1) is 0 Å². The molecule has 2 aromatic carbocycles. The van der Waals surface area contributed by atoms with Gasteiger partial charge in [0.2, 0.25) is 0 Å². The van der Waals surface area contributed by atoms with Crippen molar-refractivity contribution in [3.8, 4) is 11.5 Å². The molecule has 0 bridgehead atoms. The summed E-state index contributed by atoms with van der Waals surface area (Å²) < 4.78 is 12.7. The van der Waals surface area contributed by atoms with Gasteiger partial charge < -0.3 is 15.2 Å². The maximum Gasteiger partial charge on any atom is 0.124 e. The molecule has 5 heteroatoms. The van der Waals surface area contributed by atoms with Crippen LogP contribution >= 0.6 is 31.9 Å². The van der Waals surface area contributed by atoms with Crippen molar-refractivity contribution in [2.75, 3.05) is 14.2 Å². The van der Waals surface area contributed by atoms with Crippen LogP contribution in [0.2, 0.25) is 0 Å². The fraction of sp³-hybridized carbons (Fsp3) is 0.250. The molecule has 0 saturated heterocycles. The molecule has 0 heterocycles. The molecule has 112 valence electrons. The Balaban J connectivity index is 2.53. The van der Waals surface area contributed by atoms with Crippen molar-refractivity contribution < 1.29 is 9.47 Å².